The molecule has 1 N–H and O–H groups in total. The Labute approximate surface area is 134 Å². The van der Waals surface area contributed by atoms with Crippen LogP contribution in [0.15, 0.2) is 18.2 Å². The molecule has 0 radical (unpaired) electrons. The van der Waals surface area contributed by atoms with E-state index in [2.05, 4.69) is 5.32 Å². The first-order valence-electron chi connectivity index (χ1n) is 7.93. The van der Waals surface area contributed by atoms with Crippen LogP contribution in [0, 0.1) is 0 Å². The Hall–Kier alpha value is -2.37. The Morgan fingerprint density at radius 2 is 2.09 bits per heavy atom. The summed E-state index contributed by atoms with van der Waals surface area (Å²) in [7, 11) is 0. The average molecular weight is 316 g/mol. The highest BCUT2D eigenvalue weighted by Gasteiger charge is 2.33. The first-order chi connectivity index (χ1) is 11.0. The molecule has 2 amide bonds. The number of hydrogen-bond donors (Lipinski definition) is 1. The van der Waals surface area contributed by atoms with Crippen molar-refractivity contribution in [3.8, 4) is 0 Å². The molecule has 0 saturated carbocycles. The number of aryl methyl sites for hydroxylation is 1. The van der Waals surface area contributed by atoms with E-state index < -0.39 is 6.09 Å². The Bertz CT molecular complexity index is 656. The van der Waals surface area contributed by atoms with Crippen molar-refractivity contribution in [2.45, 2.75) is 38.7 Å². The van der Waals surface area contributed by atoms with Gasteiger partial charge in [-0.15, -0.1) is 0 Å². The summed E-state index contributed by atoms with van der Waals surface area (Å²) >= 11 is 0. The van der Waals surface area contributed by atoms with E-state index in [1.54, 1.807) is 6.07 Å². The predicted molar refractivity (Wildman–Crippen MR) is 84.6 cm³/mol. The first-order valence-corrected chi connectivity index (χ1v) is 7.93. The molecule has 1 unspecified atom stereocenters. The van der Waals surface area contributed by atoms with Crippen molar-refractivity contribution >= 4 is 23.5 Å². The molecule has 1 saturated heterocycles. The highest BCUT2D eigenvalue weighted by Crippen LogP contribution is 2.28. The third-order valence-electron chi connectivity index (χ3n) is 4.26. The van der Waals surface area contributed by atoms with Crippen LogP contribution in [-0.4, -0.2) is 37.0 Å². The molecule has 0 spiro atoms. The SMILES string of the molecule is CC(=O)NCC1CN(c2ccc3c(c2)C(=O)CCCC3)C(=O)O1. The third kappa shape index (κ3) is 3.36. The van der Waals surface area contributed by atoms with Crippen LogP contribution in [0.5, 0.6) is 0 Å². The summed E-state index contributed by atoms with van der Waals surface area (Å²) in [5, 5.41) is 2.65. The second-order valence-electron chi connectivity index (χ2n) is 6.03. The minimum Gasteiger partial charge on any atom is -0.442 e. The van der Waals surface area contributed by atoms with Crippen molar-refractivity contribution in [2.24, 2.45) is 0 Å². The van der Waals surface area contributed by atoms with Gasteiger partial charge in [-0.2, -0.15) is 0 Å². The van der Waals surface area contributed by atoms with E-state index in [0.717, 1.165) is 30.4 Å². The number of ether oxygens (including phenoxy) is 1. The van der Waals surface area contributed by atoms with E-state index in [1.165, 1.54) is 11.8 Å². The zero-order valence-corrected chi connectivity index (χ0v) is 13.1. The van der Waals surface area contributed by atoms with E-state index in [0.29, 0.717) is 25.2 Å². The number of ketones is 1. The average Bonchev–Trinajstić information content (AvgIpc) is 2.80. The molecule has 0 aromatic heterocycles. The lowest BCUT2D eigenvalue weighted by molar-refractivity contribution is -0.119. The van der Waals surface area contributed by atoms with Crippen molar-refractivity contribution in [1.82, 2.24) is 5.32 Å². The fourth-order valence-corrected chi connectivity index (χ4v) is 3.04. The van der Waals surface area contributed by atoms with Crippen molar-refractivity contribution in [1.29, 1.82) is 0 Å². The molecular formula is C17H20N2O4. The number of nitrogens with zero attached hydrogens (tertiary/aromatic N) is 1. The number of fused-ring (bicyclic) bond motifs is 1. The molecule has 1 aromatic carbocycles. The highest BCUT2D eigenvalue weighted by atomic mass is 16.6. The van der Waals surface area contributed by atoms with Gasteiger partial charge in [-0.25, -0.2) is 4.79 Å². The number of carbonyl (C=O) groups is 3. The van der Waals surface area contributed by atoms with E-state index >= 15 is 0 Å². The summed E-state index contributed by atoms with van der Waals surface area (Å²) in [6, 6.07) is 5.59. The molecule has 1 fully saturated rings. The molecule has 1 aliphatic heterocycles. The maximum Gasteiger partial charge on any atom is 0.414 e. The minimum absolute atomic E-state index is 0.140. The lowest BCUT2D eigenvalue weighted by Gasteiger charge is -2.15. The van der Waals surface area contributed by atoms with E-state index in [4.69, 9.17) is 4.74 Å². The number of benzene rings is 1. The van der Waals surface area contributed by atoms with Gasteiger partial charge in [0.1, 0.15) is 6.10 Å². The van der Waals surface area contributed by atoms with E-state index in [1.807, 2.05) is 12.1 Å². The standard InChI is InChI=1S/C17H20N2O4/c1-11(20)18-9-14-10-19(17(22)23-14)13-7-6-12-4-2-3-5-16(21)15(12)8-13/h6-8,14H,2-5,9-10H2,1H3,(H,18,20). The number of nitrogens with one attached hydrogen (secondary N) is 1. The maximum absolute atomic E-state index is 12.2. The van der Waals surface area contributed by atoms with Crippen molar-refractivity contribution < 1.29 is 19.1 Å². The van der Waals surface area contributed by atoms with Crippen LogP contribution in [-0.2, 0) is 16.0 Å². The molecule has 6 nitrogen and oxygen atoms in total. The molecular weight excluding hydrogens is 296 g/mol. The fourth-order valence-electron chi connectivity index (χ4n) is 3.04. The Kier molecular flexibility index (Phi) is 4.32. The molecule has 6 heteroatoms. The summed E-state index contributed by atoms with van der Waals surface area (Å²) < 4.78 is 5.26. The summed E-state index contributed by atoms with van der Waals surface area (Å²) in [5.74, 6) is -0.0168. The van der Waals surface area contributed by atoms with Gasteiger partial charge in [-0.3, -0.25) is 14.5 Å². The Morgan fingerprint density at radius 3 is 2.87 bits per heavy atom. The van der Waals surface area contributed by atoms with Crippen LogP contribution in [0.2, 0.25) is 0 Å². The molecule has 3 rings (SSSR count). The van der Waals surface area contributed by atoms with Gasteiger partial charge in [-0.05, 0) is 37.0 Å². The van der Waals surface area contributed by atoms with Crippen LogP contribution >= 0.6 is 0 Å². The van der Waals surface area contributed by atoms with Gasteiger partial charge in [0.05, 0.1) is 13.1 Å². The molecule has 0 bridgehead atoms. The van der Waals surface area contributed by atoms with Crippen LogP contribution in [0.1, 0.15) is 42.1 Å². The van der Waals surface area contributed by atoms with Gasteiger partial charge in [-0.1, -0.05) is 6.07 Å². The molecule has 1 aliphatic carbocycles. The second kappa shape index (κ2) is 6.40. The molecule has 122 valence electrons. The van der Waals surface area contributed by atoms with Crippen LogP contribution < -0.4 is 10.2 Å². The number of Topliss-reactive ketones (excluding diaryl/α,β-unsaturated/α-hetero) is 1. The number of hydrogen-bond acceptors (Lipinski definition) is 4. The van der Waals surface area contributed by atoms with Crippen LogP contribution in [0.25, 0.3) is 0 Å². The predicted octanol–water partition coefficient (Wildman–Crippen LogP) is 2.06. The van der Waals surface area contributed by atoms with Gasteiger partial charge in [0.25, 0.3) is 0 Å². The fraction of sp³-hybridized carbons (Fsp3) is 0.471. The number of carbonyl (C=O) groups excluding carboxylic acids is 3. The molecule has 1 heterocycles. The zero-order valence-electron chi connectivity index (χ0n) is 13.1. The highest BCUT2D eigenvalue weighted by molar-refractivity contribution is 6.00. The lowest BCUT2D eigenvalue weighted by Crippen LogP contribution is -2.33. The minimum atomic E-state index is -0.443. The van der Waals surface area contributed by atoms with Gasteiger partial charge in [0, 0.05) is 24.6 Å². The molecule has 2 aliphatic rings. The number of rotatable bonds is 3. The van der Waals surface area contributed by atoms with Gasteiger partial charge in [0.2, 0.25) is 5.91 Å². The Morgan fingerprint density at radius 1 is 1.30 bits per heavy atom. The number of anilines is 1. The van der Waals surface area contributed by atoms with Crippen molar-refractivity contribution in [3.05, 3.63) is 29.3 Å². The molecule has 1 aromatic rings. The zero-order chi connectivity index (χ0) is 16.4. The topological polar surface area (TPSA) is 75.7 Å². The monoisotopic (exact) mass is 316 g/mol. The van der Waals surface area contributed by atoms with Crippen LogP contribution in [0.3, 0.4) is 0 Å². The largest absolute Gasteiger partial charge is 0.442 e. The quantitative estimate of drug-likeness (QED) is 0.866. The Balaban J connectivity index is 1.78. The van der Waals surface area contributed by atoms with Gasteiger partial charge >= 0.3 is 6.09 Å². The third-order valence-corrected chi connectivity index (χ3v) is 4.26. The summed E-state index contributed by atoms with van der Waals surface area (Å²) in [4.78, 5) is 36.7. The first kappa shape index (κ1) is 15.5. The summed E-state index contributed by atoms with van der Waals surface area (Å²) in [5.41, 5.74) is 2.45. The van der Waals surface area contributed by atoms with E-state index in [-0.39, 0.29) is 17.8 Å². The molecule has 1 atom stereocenters. The lowest BCUT2D eigenvalue weighted by atomic mass is 10.0. The van der Waals surface area contributed by atoms with Crippen molar-refractivity contribution in [2.75, 3.05) is 18.0 Å². The van der Waals surface area contributed by atoms with Gasteiger partial charge < -0.3 is 10.1 Å². The summed E-state index contributed by atoms with van der Waals surface area (Å²) in [6.07, 6.45) is 2.57. The van der Waals surface area contributed by atoms with Gasteiger partial charge in [0.15, 0.2) is 5.78 Å². The van der Waals surface area contributed by atoms with Crippen LogP contribution in [0.4, 0.5) is 10.5 Å². The maximum atomic E-state index is 12.2. The van der Waals surface area contributed by atoms with E-state index in [9.17, 15) is 14.4 Å². The van der Waals surface area contributed by atoms with Crippen molar-refractivity contribution in [3.63, 3.8) is 0 Å². The number of cyclic esters (lactones) is 1. The smallest absolute Gasteiger partial charge is 0.414 e. The number of amides is 2. The molecule has 23 heavy (non-hydrogen) atoms. The normalized spacial score (nSPS) is 20.7. The summed E-state index contributed by atoms with van der Waals surface area (Å²) in [6.45, 7) is 2.08. The second-order valence-corrected chi connectivity index (χ2v) is 6.03.